The molecule has 5 heteroatoms. The number of nitrogens with one attached hydrogen (secondary N) is 2. The minimum Gasteiger partial charge on any atom is -0.393 e. The van der Waals surface area contributed by atoms with Gasteiger partial charge in [0.1, 0.15) is 0 Å². The van der Waals surface area contributed by atoms with E-state index in [0.29, 0.717) is 6.04 Å². The van der Waals surface area contributed by atoms with Gasteiger partial charge in [0, 0.05) is 18.0 Å². The fourth-order valence-electron chi connectivity index (χ4n) is 4.35. The van der Waals surface area contributed by atoms with Crippen molar-refractivity contribution < 1.29 is 5.11 Å². The van der Waals surface area contributed by atoms with Crippen LogP contribution in [0.25, 0.3) is 0 Å². The first-order valence-corrected chi connectivity index (χ1v) is 10.0. The van der Waals surface area contributed by atoms with Gasteiger partial charge < -0.3 is 15.7 Å². The van der Waals surface area contributed by atoms with Gasteiger partial charge in [0.05, 0.1) is 12.6 Å². The molecule has 2 aliphatic rings. The molecule has 0 heterocycles. The predicted octanol–water partition coefficient (Wildman–Crippen LogP) is 3.98. The molecule has 3 rings (SSSR count). The van der Waals surface area contributed by atoms with Crippen molar-refractivity contribution >= 4 is 29.9 Å². The normalized spacial score (nSPS) is 25.4. The SMILES string of the molecule is CCNC(=NCC1(c2ccccc2)CCCC1)NC1CCC(O)CC1.I. The zero-order valence-electron chi connectivity index (χ0n) is 15.9. The van der Waals surface area contributed by atoms with Crippen LogP contribution in [0.1, 0.15) is 63.9 Å². The van der Waals surface area contributed by atoms with Crippen molar-refractivity contribution in [3.8, 4) is 0 Å². The molecule has 3 N–H and O–H groups in total. The molecule has 4 nitrogen and oxygen atoms in total. The van der Waals surface area contributed by atoms with E-state index in [-0.39, 0.29) is 35.5 Å². The summed E-state index contributed by atoms with van der Waals surface area (Å²) in [6, 6.07) is 11.4. The van der Waals surface area contributed by atoms with Crippen LogP contribution in [0, 0.1) is 0 Å². The van der Waals surface area contributed by atoms with E-state index in [9.17, 15) is 5.11 Å². The zero-order chi connectivity index (χ0) is 17.5. The predicted molar refractivity (Wildman–Crippen MR) is 119 cm³/mol. The Bertz CT molecular complexity index is 550. The van der Waals surface area contributed by atoms with Gasteiger partial charge in [0.2, 0.25) is 0 Å². The molecule has 0 atom stereocenters. The summed E-state index contributed by atoms with van der Waals surface area (Å²) in [5.74, 6) is 0.936. The number of rotatable bonds is 5. The lowest BCUT2D eigenvalue weighted by Crippen LogP contribution is -2.46. The van der Waals surface area contributed by atoms with Crippen molar-refractivity contribution in [1.29, 1.82) is 0 Å². The summed E-state index contributed by atoms with van der Waals surface area (Å²) in [5, 5.41) is 16.7. The Morgan fingerprint density at radius 3 is 2.38 bits per heavy atom. The monoisotopic (exact) mass is 471 g/mol. The van der Waals surface area contributed by atoms with E-state index < -0.39 is 0 Å². The van der Waals surface area contributed by atoms with Crippen LogP contribution in [0.15, 0.2) is 35.3 Å². The standard InChI is InChI=1S/C21H33N3O.HI/c1-2-22-20(24-18-10-12-19(25)13-11-18)23-16-21(14-6-7-15-21)17-8-4-3-5-9-17;/h3-5,8-9,18-19,25H,2,6-7,10-16H2,1H3,(H2,22,23,24);1H. The summed E-state index contributed by atoms with van der Waals surface area (Å²) in [5.41, 5.74) is 1.64. The third kappa shape index (κ3) is 5.59. The van der Waals surface area contributed by atoms with E-state index in [2.05, 4.69) is 47.9 Å². The number of halogens is 1. The maximum atomic E-state index is 9.70. The van der Waals surface area contributed by atoms with Gasteiger partial charge in [-0.15, -0.1) is 24.0 Å². The lowest BCUT2D eigenvalue weighted by atomic mass is 9.79. The maximum Gasteiger partial charge on any atom is 0.191 e. The highest BCUT2D eigenvalue weighted by Crippen LogP contribution is 2.41. The van der Waals surface area contributed by atoms with Gasteiger partial charge in [0.25, 0.3) is 0 Å². The highest BCUT2D eigenvalue weighted by molar-refractivity contribution is 14.0. The molecule has 0 unspecified atom stereocenters. The number of benzene rings is 1. The first-order chi connectivity index (χ1) is 12.2. The molecule has 146 valence electrons. The van der Waals surface area contributed by atoms with Crippen molar-refractivity contribution in [3.63, 3.8) is 0 Å². The summed E-state index contributed by atoms with van der Waals surface area (Å²) in [6.07, 6.45) is 8.79. The van der Waals surface area contributed by atoms with E-state index in [4.69, 9.17) is 4.99 Å². The molecule has 2 saturated carbocycles. The molecule has 0 saturated heterocycles. The topological polar surface area (TPSA) is 56.7 Å². The minimum absolute atomic E-state index is 0. The fraction of sp³-hybridized carbons (Fsp3) is 0.667. The molecule has 0 amide bonds. The smallest absolute Gasteiger partial charge is 0.191 e. The second-order valence-corrected chi connectivity index (χ2v) is 7.70. The average molecular weight is 471 g/mol. The van der Waals surface area contributed by atoms with Crippen LogP contribution in [0.2, 0.25) is 0 Å². The molecule has 1 aromatic rings. The molecule has 0 radical (unpaired) electrons. The fourth-order valence-corrected chi connectivity index (χ4v) is 4.35. The van der Waals surface area contributed by atoms with Crippen LogP contribution in [0.3, 0.4) is 0 Å². The zero-order valence-corrected chi connectivity index (χ0v) is 18.2. The maximum absolute atomic E-state index is 9.70. The largest absolute Gasteiger partial charge is 0.393 e. The third-order valence-corrected chi connectivity index (χ3v) is 5.87. The Morgan fingerprint density at radius 1 is 1.12 bits per heavy atom. The molecule has 0 aliphatic heterocycles. The molecular formula is C21H34IN3O. The summed E-state index contributed by atoms with van der Waals surface area (Å²) in [7, 11) is 0. The Labute approximate surface area is 175 Å². The summed E-state index contributed by atoms with van der Waals surface area (Å²) in [6.45, 7) is 3.84. The number of guanidine groups is 1. The number of hydrogen-bond donors (Lipinski definition) is 3. The molecule has 2 aliphatic carbocycles. The Kier molecular flexibility index (Phi) is 8.67. The van der Waals surface area contributed by atoms with E-state index in [1.54, 1.807) is 0 Å². The number of aliphatic hydroxyl groups is 1. The van der Waals surface area contributed by atoms with Crippen LogP contribution in [0.5, 0.6) is 0 Å². The minimum atomic E-state index is -0.114. The third-order valence-electron chi connectivity index (χ3n) is 5.87. The van der Waals surface area contributed by atoms with Gasteiger partial charge in [-0.25, -0.2) is 0 Å². The second kappa shape index (κ2) is 10.5. The van der Waals surface area contributed by atoms with Gasteiger partial charge in [-0.3, -0.25) is 4.99 Å². The van der Waals surface area contributed by atoms with E-state index in [1.165, 1.54) is 31.2 Å². The van der Waals surface area contributed by atoms with Crippen LogP contribution >= 0.6 is 24.0 Å². The van der Waals surface area contributed by atoms with Crippen molar-refractivity contribution in [2.45, 2.75) is 75.9 Å². The number of nitrogens with zero attached hydrogens (tertiary/aromatic N) is 1. The van der Waals surface area contributed by atoms with Gasteiger partial charge in [-0.05, 0) is 51.0 Å². The van der Waals surface area contributed by atoms with E-state index in [0.717, 1.165) is 44.7 Å². The first kappa shape index (κ1) is 21.5. The van der Waals surface area contributed by atoms with Gasteiger partial charge in [-0.1, -0.05) is 43.2 Å². The number of hydrogen-bond acceptors (Lipinski definition) is 2. The lowest BCUT2D eigenvalue weighted by Gasteiger charge is -2.30. The van der Waals surface area contributed by atoms with Crippen LogP contribution in [-0.2, 0) is 5.41 Å². The molecule has 0 bridgehead atoms. The highest BCUT2D eigenvalue weighted by Gasteiger charge is 2.35. The quantitative estimate of drug-likeness (QED) is 0.346. The highest BCUT2D eigenvalue weighted by atomic mass is 127. The first-order valence-electron chi connectivity index (χ1n) is 10.0. The van der Waals surface area contributed by atoms with Crippen molar-refractivity contribution in [2.24, 2.45) is 4.99 Å². The average Bonchev–Trinajstić information content (AvgIpc) is 3.13. The summed E-state index contributed by atoms with van der Waals surface area (Å²) in [4.78, 5) is 4.99. The molecule has 1 aromatic carbocycles. The van der Waals surface area contributed by atoms with E-state index in [1.807, 2.05) is 0 Å². The van der Waals surface area contributed by atoms with Crippen LogP contribution in [0.4, 0.5) is 0 Å². The Morgan fingerprint density at radius 2 is 1.77 bits per heavy atom. The second-order valence-electron chi connectivity index (χ2n) is 7.70. The molecule has 26 heavy (non-hydrogen) atoms. The molecule has 2 fully saturated rings. The van der Waals surface area contributed by atoms with Crippen molar-refractivity contribution in [1.82, 2.24) is 10.6 Å². The molecular weight excluding hydrogens is 437 g/mol. The van der Waals surface area contributed by atoms with Gasteiger partial charge in [0.15, 0.2) is 5.96 Å². The van der Waals surface area contributed by atoms with Crippen molar-refractivity contribution in [3.05, 3.63) is 35.9 Å². The summed E-state index contributed by atoms with van der Waals surface area (Å²) < 4.78 is 0. The Balaban J connectivity index is 0.00000243. The van der Waals surface area contributed by atoms with Gasteiger partial charge >= 0.3 is 0 Å². The van der Waals surface area contributed by atoms with Crippen LogP contribution in [-0.4, -0.2) is 36.3 Å². The summed E-state index contributed by atoms with van der Waals surface area (Å²) >= 11 is 0. The van der Waals surface area contributed by atoms with Crippen LogP contribution < -0.4 is 10.6 Å². The Hall–Kier alpha value is -0.820. The molecule has 0 aromatic heterocycles. The number of aliphatic hydroxyl groups excluding tert-OH is 1. The number of aliphatic imine (C=N–C) groups is 1. The van der Waals surface area contributed by atoms with E-state index >= 15 is 0 Å². The van der Waals surface area contributed by atoms with Gasteiger partial charge in [-0.2, -0.15) is 0 Å². The van der Waals surface area contributed by atoms with Crippen molar-refractivity contribution in [2.75, 3.05) is 13.1 Å². The molecule has 0 spiro atoms. The lowest BCUT2D eigenvalue weighted by molar-refractivity contribution is 0.120.